The number of para-hydroxylation sites is 1. The molecule has 0 spiro atoms. The first-order valence-electron chi connectivity index (χ1n) is 12.3. The van der Waals surface area contributed by atoms with Gasteiger partial charge in [0.1, 0.15) is 12.6 Å². The van der Waals surface area contributed by atoms with Crippen LogP contribution in [0.2, 0.25) is 0 Å². The van der Waals surface area contributed by atoms with E-state index in [1.54, 1.807) is 19.1 Å². The van der Waals surface area contributed by atoms with E-state index in [1.807, 2.05) is 50.2 Å². The van der Waals surface area contributed by atoms with Crippen molar-refractivity contribution in [3.63, 3.8) is 0 Å². The molecule has 1 atom stereocenters. The van der Waals surface area contributed by atoms with Gasteiger partial charge >= 0.3 is 0 Å². The van der Waals surface area contributed by atoms with Crippen molar-refractivity contribution in [3.05, 3.63) is 65.2 Å². The minimum Gasteiger partial charge on any atom is -0.352 e. The van der Waals surface area contributed by atoms with Gasteiger partial charge in [-0.05, 0) is 56.4 Å². The highest BCUT2D eigenvalue weighted by molar-refractivity contribution is 7.92. The van der Waals surface area contributed by atoms with Crippen LogP contribution in [0.25, 0.3) is 0 Å². The summed E-state index contributed by atoms with van der Waals surface area (Å²) in [5.41, 5.74) is 3.13. The topological polar surface area (TPSA) is 86.8 Å². The Morgan fingerprint density at radius 1 is 0.971 bits per heavy atom. The average Bonchev–Trinajstić information content (AvgIpc) is 2.82. The van der Waals surface area contributed by atoms with Gasteiger partial charge < -0.3 is 10.2 Å². The largest absolute Gasteiger partial charge is 0.352 e. The van der Waals surface area contributed by atoms with Crippen LogP contribution in [0.15, 0.2) is 48.5 Å². The summed E-state index contributed by atoms with van der Waals surface area (Å²) in [6.07, 6.45) is 6.34. The van der Waals surface area contributed by atoms with Crippen molar-refractivity contribution >= 4 is 27.5 Å². The van der Waals surface area contributed by atoms with E-state index >= 15 is 0 Å². The third-order valence-electron chi connectivity index (χ3n) is 6.78. The number of hydrogen-bond donors (Lipinski definition) is 1. The summed E-state index contributed by atoms with van der Waals surface area (Å²) in [6, 6.07) is 14.1. The van der Waals surface area contributed by atoms with Crippen LogP contribution in [0.5, 0.6) is 0 Å². The highest BCUT2D eigenvalue weighted by atomic mass is 32.2. The van der Waals surface area contributed by atoms with Crippen LogP contribution in [-0.2, 0) is 26.2 Å². The average molecular weight is 500 g/mol. The summed E-state index contributed by atoms with van der Waals surface area (Å²) in [5.74, 6) is -0.631. The quantitative estimate of drug-likeness (QED) is 0.566. The molecule has 3 rings (SSSR count). The van der Waals surface area contributed by atoms with Crippen molar-refractivity contribution in [2.75, 3.05) is 17.1 Å². The molecule has 8 heteroatoms. The predicted octanol–water partition coefficient (Wildman–Crippen LogP) is 3.94. The summed E-state index contributed by atoms with van der Waals surface area (Å²) in [7, 11) is -3.73. The van der Waals surface area contributed by atoms with Gasteiger partial charge in [-0.2, -0.15) is 0 Å². The maximum absolute atomic E-state index is 13.7. The predicted molar refractivity (Wildman–Crippen MR) is 140 cm³/mol. The van der Waals surface area contributed by atoms with Gasteiger partial charge in [0.15, 0.2) is 0 Å². The molecule has 7 nitrogen and oxygen atoms in total. The molecule has 35 heavy (non-hydrogen) atoms. The van der Waals surface area contributed by atoms with Gasteiger partial charge in [0.2, 0.25) is 21.8 Å². The highest BCUT2D eigenvalue weighted by Crippen LogP contribution is 2.23. The van der Waals surface area contributed by atoms with E-state index in [0.29, 0.717) is 5.69 Å². The highest BCUT2D eigenvalue weighted by Gasteiger charge is 2.31. The van der Waals surface area contributed by atoms with E-state index in [9.17, 15) is 18.0 Å². The van der Waals surface area contributed by atoms with Gasteiger partial charge in [-0.25, -0.2) is 8.42 Å². The summed E-state index contributed by atoms with van der Waals surface area (Å²) in [5, 5.41) is 3.11. The van der Waals surface area contributed by atoms with Crippen molar-refractivity contribution in [1.29, 1.82) is 0 Å². The maximum atomic E-state index is 13.7. The normalized spacial score (nSPS) is 15.3. The second-order valence-electron chi connectivity index (χ2n) is 9.52. The molecule has 1 saturated carbocycles. The number of sulfonamides is 1. The van der Waals surface area contributed by atoms with Crippen molar-refractivity contribution in [2.45, 2.75) is 71.5 Å². The van der Waals surface area contributed by atoms with E-state index in [1.165, 1.54) is 11.3 Å². The Morgan fingerprint density at radius 3 is 2.17 bits per heavy atom. The van der Waals surface area contributed by atoms with E-state index in [4.69, 9.17) is 0 Å². The van der Waals surface area contributed by atoms with Crippen LogP contribution in [0.1, 0.15) is 55.7 Å². The molecule has 0 radical (unpaired) electrons. The van der Waals surface area contributed by atoms with Gasteiger partial charge in [0.05, 0.1) is 11.9 Å². The second-order valence-corrected chi connectivity index (χ2v) is 11.4. The smallest absolute Gasteiger partial charge is 0.244 e. The molecular formula is C27H37N3O4S. The Bertz CT molecular complexity index is 1140. The first-order valence-corrected chi connectivity index (χ1v) is 14.1. The fraction of sp³-hybridized carbons (Fsp3) is 0.481. The lowest BCUT2D eigenvalue weighted by molar-refractivity contribution is -0.139. The van der Waals surface area contributed by atoms with Crippen molar-refractivity contribution < 1.29 is 18.0 Å². The third-order valence-corrected chi connectivity index (χ3v) is 7.91. The first-order chi connectivity index (χ1) is 16.6. The molecule has 1 N–H and O–H groups in total. The van der Waals surface area contributed by atoms with E-state index < -0.39 is 22.0 Å². The number of hydrogen-bond acceptors (Lipinski definition) is 4. The fourth-order valence-corrected chi connectivity index (χ4v) is 5.47. The molecule has 0 bridgehead atoms. The van der Waals surface area contributed by atoms with Gasteiger partial charge in [-0.1, -0.05) is 61.7 Å². The molecule has 1 fully saturated rings. The minimum absolute atomic E-state index is 0.119. The Hall–Kier alpha value is -2.87. The second kappa shape index (κ2) is 11.7. The molecule has 0 aliphatic heterocycles. The van der Waals surface area contributed by atoms with Crippen molar-refractivity contribution in [1.82, 2.24) is 10.2 Å². The fourth-order valence-electron chi connectivity index (χ4n) is 4.56. The molecule has 0 saturated heterocycles. The number of benzene rings is 2. The summed E-state index contributed by atoms with van der Waals surface area (Å²) in [6.45, 7) is 5.32. The third kappa shape index (κ3) is 7.07. The Morgan fingerprint density at radius 2 is 1.57 bits per heavy atom. The number of carbonyl (C=O) groups is 2. The first kappa shape index (κ1) is 26.7. The monoisotopic (exact) mass is 499 g/mol. The number of anilines is 1. The summed E-state index contributed by atoms with van der Waals surface area (Å²) in [4.78, 5) is 28.4. The SMILES string of the molecule is Cc1ccccc1CN(C(=O)CN(c1ccccc1C)S(C)(=O)=O)[C@H](C)C(=O)NC1CCCCC1. The molecule has 1 aliphatic carbocycles. The van der Waals surface area contributed by atoms with E-state index in [-0.39, 0.29) is 25.0 Å². The zero-order chi connectivity index (χ0) is 25.6. The Labute approximate surface area is 209 Å². The lowest BCUT2D eigenvalue weighted by Gasteiger charge is -2.33. The Kier molecular flexibility index (Phi) is 8.94. The van der Waals surface area contributed by atoms with E-state index in [0.717, 1.165) is 52.9 Å². The number of nitrogens with zero attached hydrogens (tertiary/aromatic N) is 2. The van der Waals surface area contributed by atoms with Crippen LogP contribution in [0.4, 0.5) is 5.69 Å². The standard InChI is InChI=1S/C27H37N3O4S/c1-20-12-8-10-14-23(20)18-29(22(3)27(32)28-24-15-6-5-7-16-24)26(31)19-30(35(4,33)34)25-17-11-9-13-21(25)2/h8-14,17,22,24H,5-7,15-16,18-19H2,1-4H3,(H,28,32)/t22-/m1/s1. The van der Waals surface area contributed by atoms with Crippen molar-refractivity contribution in [3.8, 4) is 0 Å². The molecule has 2 aromatic carbocycles. The summed E-state index contributed by atoms with van der Waals surface area (Å²) < 4.78 is 26.5. The zero-order valence-electron chi connectivity index (χ0n) is 21.2. The van der Waals surface area contributed by atoms with Gasteiger partial charge in [-0.15, -0.1) is 0 Å². The number of aryl methyl sites for hydroxylation is 2. The molecule has 0 aromatic heterocycles. The minimum atomic E-state index is -3.73. The molecule has 1 aliphatic rings. The molecule has 2 amide bonds. The van der Waals surface area contributed by atoms with Gasteiger partial charge in [0.25, 0.3) is 0 Å². The lowest BCUT2D eigenvalue weighted by atomic mass is 9.95. The lowest BCUT2D eigenvalue weighted by Crippen LogP contribution is -2.53. The molecule has 0 heterocycles. The van der Waals surface area contributed by atoms with Crippen LogP contribution < -0.4 is 9.62 Å². The van der Waals surface area contributed by atoms with Crippen molar-refractivity contribution in [2.24, 2.45) is 0 Å². The van der Waals surface area contributed by atoms with Crippen LogP contribution >= 0.6 is 0 Å². The number of nitrogens with one attached hydrogen (secondary N) is 1. The van der Waals surface area contributed by atoms with Crippen LogP contribution in [-0.4, -0.2) is 50.0 Å². The molecular weight excluding hydrogens is 462 g/mol. The van der Waals surface area contributed by atoms with E-state index in [2.05, 4.69) is 5.32 Å². The Balaban J connectivity index is 1.89. The van der Waals surface area contributed by atoms with Gasteiger partial charge in [0, 0.05) is 12.6 Å². The molecule has 190 valence electrons. The number of rotatable bonds is 9. The maximum Gasteiger partial charge on any atom is 0.244 e. The van der Waals surface area contributed by atoms with Gasteiger partial charge in [-0.3, -0.25) is 13.9 Å². The van der Waals surface area contributed by atoms with Crippen LogP contribution in [0, 0.1) is 13.8 Å². The number of carbonyl (C=O) groups excluding carboxylic acids is 2. The van der Waals surface area contributed by atoms with Crippen LogP contribution in [0.3, 0.4) is 0 Å². The molecule has 0 unspecified atom stereocenters. The zero-order valence-corrected chi connectivity index (χ0v) is 22.0. The number of amides is 2. The molecule has 2 aromatic rings. The summed E-state index contributed by atoms with van der Waals surface area (Å²) >= 11 is 0.